The Morgan fingerprint density at radius 1 is 1.61 bits per heavy atom. The fourth-order valence-corrected chi connectivity index (χ4v) is 2.59. The zero-order valence-corrected chi connectivity index (χ0v) is 11.5. The van der Waals surface area contributed by atoms with Gasteiger partial charge in [-0.2, -0.15) is 0 Å². The van der Waals surface area contributed by atoms with Crippen molar-refractivity contribution in [2.45, 2.75) is 50.0 Å². The summed E-state index contributed by atoms with van der Waals surface area (Å²) in [5.74, 6) is 0.538. The number of thioether (sulfide) groups is 1. The van der Waals surface area contributed by atoms with Crippen LogP contribution in [0.25, 0.3) is 0 Å². The van der Waals surface area contributed by atoms with Crippen LogP contribution in [-0.2, 0) is 0 Å². The van der Waals surface area contributed by atoms with Gasteiger partial charge in [0, 0.05) is 24.4 Å². The molecule has 0 aliphatic heterocycles. The molecule has 6 nitrogen and oxygen atoms in total. The van der Waals surface area contributed by atoms with E-state index < -0.39 is 6.10 Å². The zero-order valence-electron chi connectivity index (χ0n) is 10.7. The second kappa shape index (κ2) is 5.90. The predicted octanol–water partition coefficient (Wildman–Crippen LogP) is 0.357. The molecule has 3 N–H and O–H groups in total. The topological polar surface area (TPSA) is 82.9 Å². The third-order valence-electron chi connectivity index (χ3n) is 2.75. The maximum Gasteiger partial charge on any atom is 0.344 e. The van der Waals surface area contributed by atoms with Crippen molar-refractivity contribution < 1.29 is 5.11 Å². The minimum atomic E-state index is -0.433. The summed E-state index contributed by atoms with van der Waals surface area (Å²) in [4.78, 5) is 11.5. The molecular formula is C11H20N4O2S. The maximum atomic E-state index is 11.5. The van der Waals surface area contributed by atoms with Crippen LogP contribution in [0.15, 0.2) is 9.95 Å². The van der Waals surface area contributed by atoms with Crippen LogP contribution in [0.1, 0.15) is 32.7 Å². The highest BCUT2D eigenvalue weighted by atomic mass is 32.2. The number of H-pyrrole nitrogens is 1. The van der Waals surface area contributed by atoms with E-state index in [1.807, 2.05) is 13.8 Å². The Morgan fingerprint density at radius 2 is 2.33 bits per heavy atom. The molecule has 7 heteroatoms. The molecule has 0 bridgehead atoms. The van der Waals surface area contributed by atoms with E-state index in [0.717, 1.165) is 12.8 Å². The van der Waals surface area contributed by atoms with Gasteiger partial charge in [0.05, 0.1) is 6.10 Å². The lowest BCUT2D eigenvalue weighted by molar-refractivity contribution is 0.192. The van der Waals surface area contributed by atoms with E-state index in [-0.39, 0.29) is 5.69 Å². The molecule has 1 saturated carbocycles. The average molecular weight is 272 g/mol. The largest absolute Gasteiger partial charge is 0.391 e. The van der Waals surface area contributed by atoms with Crippen LogP contribution in [0, 0.1) is 0 Å². The van der Waals surface area contributed by atoms with Crippen molar-refractivity contribution in [1.29, 1.82) is 0 Å². The summed E-state index contributed by atoms with van der Waals surface area (Å²) in [5.41, 5.74) is -0.144. The first kappa shape index (κ1) is 13.6. The third-order valence-corrected chi connectivity index (χ3v) is 3.85. The minimum absolute atomic E-state index is 0.144. The molecule has 0 amide bonds. The molecule has 18 heavy (non-hydrogen) atoms. The first-order valence-electron chi connectivity index (χ1n) is 6.29. The molecule has 1 aromatic rings. The molecule has 0 aromatic carbocycles. The quantitative estimate of drug-likeness (QED) is 0.624. The number of rotatable bonds is 7. The maximum absolute atomic E-state index is 11.5. The Labute approximate surface area is 110 Å². The fourth-order valence-electron chi connectivity index (χ4n) is 1.65. The summed E-state index contributed by atoms with van der Waals surface area (Å²) >= 11 is 1.43. The first-order chi connectivity index (χ1) is 8.58. The van der Waals surface area contributed by atoms with Crippen molar-refractivity contribution in [2.75, 3.05) is 12.3 Å². The molecule has 2 rings (SSSR count). The summed E-state index contributed by atoms with van der Waals surface area (Å²) in [5, 5.41) is 20.1. The van der Waals surface area contributed by atoms with Crippen molar-refractivity contribution >= 4 is 11.8 Å². The van der Waals surface area contributed by atoms with Crippen molar-refractivity contribution in [2.24, 2.45) is 0 Å². The Bertz CT molecular complexity index is 438. The third kappa shape index (κ3) is 3.60. The summed E-state index contributed by atoms with van der Waals surface area (Å²) in [6.45, 7) is 4.64. The van der Waals surface area contributed by atoms with Crippen LogP contribution in [0.5, 0.6) is 0 Å². The van der Waals surface area contributed by atoms with Crippen LogP contribution in [0.3, 0.4) is 0 Å². The molecule has 1 aromatic heterocycles. The first-order valence-corrected chi connectivity index (χ1v) is 7.27. The monoisotopic (exact) mass is 272 g/mol. The summed E-state index contributed by atoms with van der Waals surface area (Å²) in [6, 6.07) is 0.671. The molecule has 1 fully saturated rings. The van der Waals surface area contributed by atoms with Gasteiger partial charge in [0.2, 0.25) is 0 Å². The molecule has 1 unspecified atom stereocenters. The van der Waals surface area contributed by atoms with E-state index in [4.69, 9.17) is 0 Å². The standard InChI is InChI=1S/C11H20N4O2S/c1-7(2)12-5-9(16)6-18-11-14-13-10(17)15(11)8-3-4-8/h7-9,12,16H,3-6H2,1-2H3,(H,13,17). The average Bonchev–Trinajstić information content (AvgIpc) is 3.08. The second-order valence-corrected chi connectivity index (χ2v) is 5.93. The van der Waals surface area contributed by atoms with Crippen LogP contribution in [0.4, 0.5) is 0 Å². The highest BCUT2D eigenvalue weighted by molar-refractivity contribution is 7.99. The van der Waals surface area contributed by atoms with Gasteiger partial charge < -0.3 is 10.4 Å². The number of aliphatic hydroxyl groups excluding tert-OH is 1. The number of hydrogen-bond acceptors (Lipinski definition) is 5. The van der Waals surface area contributed by atoms with E-state index >= 15 is 0 Å². The van der Waals surface area contributed by atoms with Gasteiger partial charge in [-0.15, -0.1) is 5.10 Å². The van der Waals surface area contributed by atoms with E-state index in [2.05, 4.69) is 15.5 Å². The SMILES string of the molecule is CC(C)NCC(O)CSc1n[nH]c(=O)n1C1CC1. The van der Waals surface area contributed by atoms with E-state index in [1.165, 1.54) is 11.8 Å². The van der Waals surface area contributed by atoms with Gasteiger partial charge in [0.1, 0.15) is 0 Å². The van der Waals surface area contributed by atoms with Crippen LogP contribution in [-0.4, -0.2) is 44.3 Å². The lowest BCUT2D eigenvalue weighted by atomic mass is 10.3. The zero-order chi connectivity index (χ0) is 13.1. The molecule has 1 aliphatic rings. The Morgan fingerprint density at radius 3 is 2.94 bits per heavy atom. The summed E-state index contributed by atoms with van der Waals surface area (Å²) < 4.78 is 1.70. The molecule has 1 atom stereocenters. The van der Waals surface area contributed by atoms with Crippen LogP contribution in [0.2, 0.25) is 0 Å². The van der Waals surface area contributed by atoms with Gasteiger partial charge in [-0.05, 0) is 12.8 Å². The number of aromatic nitrogens is 3. The molecule has 102 valence electrons. The number of aliphatic hydroxyl groups is 1. The van der Waals surface area contributed by atoms with Crippen molar-refractivity contribution in [3.63, 3.8) is 0 Å². The highest BCUT2D eigenvalue weighted by Gasteiger charge is 2.28. The predicted molar refractivity (Wildman–Crippen MR) is 71.0 cm³/mol. The van der Waals surface area contributed by atoms with Crippen LogP contribution >= 0.6 is 11.8 Å². The highest BCUT2D eigenvalue weighted by Crippen LogP contribution is 2.36. The van der Waals surface area contributed by atoms with Crippen molar-refractivity contribution in [3.8, 4) is 0 Å². The lowest BCUT2D eigenvalue weighted by Crippen LogP contribution is -2.33. The van der Waals surface area contributed by atoms with Gasteiger partial charge >= 0.3 is 5.69 Å². The van der Waals surface area contributed by atoms with Gasteiger partial charge in [-0.1, -0.05) is 25.6 Å². The van der Waals surface area contributed by atoms with Crippen molar-refractivity contribution in [1.82, 2.24) is 20.1 Å². The normalized spacial score (nSPS) is 17.3. The fraction of sp³-hybridized carbons (Fsp3) is 0.818. The van der Waals surface area contributed by atoms with Gasteiger partial charge in [0.15, 0.2) is 5.16 Å². The molecule has 0 saturated heterocycles. The summed E-state index contributed by atoms with van der Waals surface area (Å²) in [6.07, 6.45) is 1.66. The number of nitrogens with one attached hydrogen (secondary N) is 2. The second-order valence-electron chi connectivity index (χ2n) is 4.94. The van der Waals surface area contributed by atoms with E-state index in [0.29, 0.717) is 29.5 Å². The minimum Gasteiger partial charge on any atom is -0.391 e. The molecule has 1 aliphatic carbocycles. The Kier molecular flexibility index (Phi) is 4.47. The Hall–Kier alpha value is -0.790. The molecule has 1 heterocycles. The van der Waals surface area contributed by atoms with Gasteiger partial charge in [0.25, 0.3) is 0 Å². The Balaban J connectivity index is 1.84. The van der Waals surface area contributed by atoms with Gasteiger partial charge in [-0.3, -0.25) is 4.57 Å². The molecule has 0 radical (unpaired) electrons. The number of hydrogen-bond donors (Lipinski definition) is 3. The number of aromatic amines is 1. The van der Waals surface area contributed by atoms with Crippen molar-refractivity contribution in [3.05, 3.63) is 10.5 Å². The summed E-state index contributed by atoms with van der Waals surface area (Å²) in [7, 11) is 0. The smallest absolute Gasteiger partial charge is 0.344 e. The van der Waals surface area contributed by atoms with Crippen LogP contribution < -0.4 is 11.0 Å². The molecular weight excluding hydrogens is 252 g/mol. The lowest BCUT2D eigenvalue weighted by Gasteiger charge is -2.13. The van der Waals surface area contributed by atoms with E-state index in [1.54, 1.807) is 4.57 Å². The number of nitrogens with zero attached hydrogens (tertiary/aromatic N) is 2. The molecule has 0 spiro atoms. The van der Waals surface area contributed by atoms with Gasteiger partial charge in [-0.25, -0.2) is 9.89 Å². The van der Waals surface area contributed by atoms with E-state index in [9.17, 15) is 9.90 Å².